The van der Waals surface area contributed by atoms with E-state index in [1.165, 1.54) is 0 Å². The van der Waals surface area contributed by atoms with Crippen molar-refractivity contribution in [3.8, 4) is 11.5 Å². The van der Waals surface area contributed by atoms with Gasteiger partial charge in [-0.05, 0) is 30.7 Å². The van der Waals surface area contributed by atoms with E-state index in [-0.39, 0.29) is 5.91 Å². The molecule has 6 nitrogen and oxygen atoms in total. The van der Waals surface area contributed by atoms with Crippen LogP contribution >= 0.6 is 0 Å². The minimum absolute atomic E-state index is 0.103. The van der Waals surface area contributed by atoms with E-state index in [4.69, 9.17) is 9.47 Å². The van der Waals surface area contributed by atoms with Gasteiger partial charge in [0.15, 0.2) is 11.5 Å². The molecule has 128 valence electrons. The van der Waals surface area contributed by atoms with Crippen LogP contribution in [0.5, 0.6) is 11.5 Å². The predicted octanol–water partition coefficient (Wildman–Crippen LogP) is 3.37. The van der Waals surface area contributed by atoms with Crippen LogP contribution in [0.3, 0.4) is 0 Å². The van der Waals surface area contributed by atoms with Crippen LogP contribution in [0.15, 0.2) is 36.5 Å². The van der Waals surface area contributed by atoms with Crippen molar-refractivity contribution in [1.82, 2.24) is 10.3 Å². The monoisotopic (exact) mass is 329 g/mol. The Morgan fingerprint density at radius 3 is 2.54 bits per heavy atom. The summed E-state index contributed by atoms with van der Waals surface area (Å²) in [7, 11) is 3.18. The number of carbonyl (C=O) groups excluding carboxylic acids is 1. The van der Waals surface area contributed by atoms with Crippen molar-refractivity contribution in [2.75, 3.05) is 26.1 Å². The molecule has 0 spiro atoms. The van der Waals surface area contributed by atoms with E-state index in [0.717, 1.165) is 18.5 Å². The van der Waals surface area contributed by atoms with Crippen LogP contribution in [0, 0.1) is 0 Å². The minimum atomic E-state index is -0.103. The Labute approximate surface area is 142 Å². The van der Waals surface area contributed by atoms with Gasteiger partial charge in [-0.1, -0.05) is 13.3 Å². The molecule has 2 rings (SSSR count). The first-order chi connectivity index (χ1) is 11.7. The Kier molecular flexibility index (Phi) is 6.42. The maximum atomic E-state index is 11.9. The molecular weight excluding hydrogens is 306 g/mol. The Hall–Kier alpha value is -2.76. The highest BCUT2D eigenvalue weighted by Gasteiger charge is 2.07. The van der Waals surface area contributed by atoms with Gasteiger partial charge in [-0.3, -0.25) is 4.79 Å². The number of amides is 1. The van der Waals surface area contributed by atoms with E-state index in [0.29, 0.717) is 29.4 Å². The maximum Gasteiger partial charge on any atom is 0.252 e. The highest BCUT2D eigenvalue weighted by atomic mass is 16.5. The summed E-state index contributed by atoms with van der Waals surface area (Å²) in [4.78, 5) is 16.2. The number of nitrogens with zero attached hydrogens (tertiary/aromatic N) is 1. The lowest BCUT2D eigenvalue weighted by atomic mass is 10.2. The fourth-order valence-electron chi connectivity index (χ4n) is 2.14. The summed E-state index contributed by atoms with van der Waals surface area (Å²) in [5.74, 6) is 1.84. The third kappa shape index (κ3) is 4.62. The molecule has 2 aromatic rings. The Balaban J connectivity index is 2.02. The molecule has 0 aliphatic heterocycles. The number of hydrogen-bond donors (Lipinski definition) is 2. The van der Waals surface area contributed by atoms with Gasteiger partial charge < -0.3 is 20.1 Å². The number of nitrogens with one attached hydrogen (secondary N) is 2. The van der Waals surface area contributed by atoms with Crippen molar-refractivity contribution in [2.45, 2.75) is 19.8 Å². The summed E-state index contributed by atoms with van der Waals surface area (Å²) in [5, 5.41) is 6.04. The molecule has 0 atom stereocenters. The first kappa shape index (κ1) is 17.6. The van der Waals surface area contributed by atoms with E-state index in [9.17, 15) is 4.79 Å². The number of anilines is 2. The topological polar surface area (TPSA) is 72.5 Å². The second-order valence-corrected chi connectivity index (χ2v) is 5.24. The summed E-state index contributed by atoms with van der Waals surface area (Å²) in [6.45, 7) is 2.77. The van der Waals surface area contributed by atoms with Crippen molar-refractivity contribution < 1.29 is 14.3 Å². The Morgan fingerprint density at radius 1 is 1.12 bits per heavy atom. The van der Waals surface area contributed by atoms with Crippen LogP contribution in [0.25, 0.3) is 0 Å². The molecule has 1 aromatic carbocycles. The summed E-state index contributed by atoms with van der Waals surface area (Å²) in [6.07, 6.45) is 3.58. The lowest BCUT2D eigenvalue weighted by Gasteiger charge is -2.11. The number of carbonyl (C=O) groups is 1. The van der Waals surface area contributed by atoms with E-state index < -0.39 is 0 Å². The maximum absolute atomic E-state index is 11.9. The van der Waals surface area contributed by atoms with Crippen LogP contribution in [0.2, 0.25) is 0 Å². The van der Waals surface area contributed by atoms with Crippen LogP contribution in [0.1, 0.15) is 30.1 Å². The molecule has 0 saturated heterocycles. The van der Waals surface area contributed by atoms with Gasteiger partial charge in [0.2, 0.25) is 0 Å². The number of methoxy groups -OCH3 is 2. The number of hydrogen-bond acceptors (Lipinski definition) is 5. The molecule has 1 heterocycles. The molecule has 24 heavy (non-hydrogen) atoms. The largest absolute Gasteiger partial charge is 0.493 e. The highest BCUT2D eigenvalue weighted by molar-refractivity contribution is 5.94. The average molecular weight is 329 g/mol. The SMILES string of the molecule is CCCCNC(=O)c1ccc(Nc2ccc(OC)c(OC)c2)nc1. The smallest absolute Gasteiger partial charge is 0.252 e. The zero-order valence-electron chi connectivity index (χ0n) is 14.3. The first-order valence-electron chi connectivity index (χ1n) is 7.91. The lowest BCUT2D eigenvalue weighted by Crippen LogP contribution is -2.24. The zero-order valence-corrected chi connectivity index (χ0v) is 14.3. The summed E-state index contributed by atoms with van der Waals surface area (Å²) < 4.78 is 10.5. The predicted molar refractivity (Wildman–Crippen MR) is 94.3 cm³/mol. The van der Waals surface area contributed by atoms with Gasteiger partial charge in [0.25, 0.3) is 5.91 Å². The molecule has 1 aromatic heterocycles. The lowest BCUT2D eigenvalue weighted by molar-refractivity contribution is 0.0953. The summed E-state index contributed by atoms with van der Waals surface area (Å²) in [6, 6.07) is 9.03. The molecule has 0 fully saturated rings. The third-order valence-electron chi connectivity index (χ3n) is 3.50. The van der Waals surface area contributed by atoms with E-state index >= 15 is 0 Å². The molecular formula is C18H23N3O3. The molecule has 0 bridgehead atoms. The third-order valence-corrected chi connectivity index (χ3v) is 3.50. The van der Waals surface area contributed by atoms with Crippen molar-refractivity contribution in [3.05, 3.63) is 42.1 Å². The molecule has 0 saturated carbocycles. The van der Waals surface area contributed by atoms with Crippen LogP contribution in [-0.2, 0) is 0 Å². The number of aromatic nitrogens is 1. The number of pyridine rings is 1. The second kappa shape index (κ2) is 8.76. The standard InChI is InChI=1S/C18H23N3O3/c1-4-5-10-19-18(22)13-6-9-17(20-12-13)21-14-7-8-15(23-2)16(11-14)24-3/h6-9,11-12H,4-5,10H2,1-3H3,(H,19,22)(H,20,21). The zero-order chi connectivity index (χ0) is 17.4. The summed E-state index contributed by atoms with van der Waals surface area (Å²) >= 11 is 0. The fraction of sp³-hybridized carbons (Fsp3) is 0.333. The van der Waals surface area contributed by atoms with E-state index in [1.54, 1.807) is 32.5 Å². The molecule has 6 heteroatoms. The van der Waals surface area contributed by atoms with Crippen molar-refractivity contribution in [1.29, 1.82) is 0 Å². The summed E-state index contributed by atoms with van der Waals surface area (Å²) in [5.41, 5.74) is 1.37. The number of unbranched alkanes of at least 4 members (excludes halogenated alkanes) is 1. The number of ether oxygens (including phenoxy) is 2. The second-order valence-electron chi connectivity index (χ2n) is 5.24. The van der Waals surface area contributed by atoms with Gasteiger partial charge in [0, 0.05) is 24.5 Å². The normalized spacial score (nSPS) is 10.1. The molecule has 0 radical (unpaired) electrons. The molecule has 0 aliphatic rings. The Morgan fingerprint density at radius 2 is 1.92 bits per heavy atom. The van der Waals surface area contributed by atoms with Crippen LogP contribution in [-0.4, -0.2) is 31.7 Å². The fourth-order valence-corrected chi connectivity index (χ4v) is 2.14. The van der Waals surface area contributed by atoms with Crippen molar-refractivity contribution in [2.24, 2.45) is 0 Å². The van der Waals surface area contributed by atoms with Crippen molar-refractivity contribution >= 4 is 17.4 Å². The van der Waals surface area contributed by atoms with Gasteiger partial charge in [-0.15, -0.1) is 0 Å². The Bertz CT molecular complexity index is 672. The highest BCUT2D eigenvalue weighted by Crippen LogP contribution is 2.30. The molecule has 1 amide bonds. The van der Waals surface area contributed by atoms with Gasteiger partial charge in [-0.25, -0.2) is 4.98 Å². The van der Waals surface area contributed by atoms with Gasteiger partial charge in [0.1, 0.15) is 5.82 Å². The average Bonchev–Trinajstić information content (AvgIpc) is 2.62. The van der Waals surface area contributed by atoms with Gasteiger partial charge in [-0.2, -0.15) is 0 Å². The molecule has 2 N–H and O–H groups in total. The van der Waals surface area contributed by atoms with Crippen LogP contribution in [0.4, 0.5) is 11.5 Å². The quantitative estimate of drug-likeness (QED) is 0.727. The first-order valence-corrected chi connectivity index (χ1v) is 7.91. The van der Waals surface area contributed by atoms with Crippen LogP contribution < -0.4 is 20.1 Å². The van der Waals surface area contributed by atoms with E-state index in [1.807, 2.05) is 18.2 Å². The van der Waals surface area contributed by atoms with E-state index in [2.05, 4.69) is 22.5 Å². The number of benzene rings is 1. The number of rotatable bonds is 8. The van der Waals surface area contributed by atoms with Gasteiger partial charge >= 0.3 is 0 Å². The van der Waals surface area contributed by atoms with Gasteiger partial charge in [0.05, 0.1) is 19.8 Å². The minimum Gasteiger partial charge on any atom is -0.493 e. The molecule has 0 unspecified atom stereocenters. The molecule has 0 aliphatic carbocycles. The van der Waals surface area contributed by atoms with Crippen molar-refractivity contribution in [3.63, 3.8) is 0 Å².